The summed E-state index contributed by atoms with van der Waals surface area (Å²) in [5, 5.41) is 6.44. The highest BCUT2D eigenvalue weighted by Crippen LogP contribution is 2.11. The maximum Gasteiger partial charge on any atom is 0.220 e. The second-order valence-electron chi connectivity index (χ2n) is 4.38. The second-order valence-corrected chi connectivity index (χ2v) is 5.37. The van der Waals surface area contributed by atoms with Crippen molar-refractivity contribution in [1.82, 2.24) is 10.6 Å². The van der Waals surface area contributed by atoms with Crippen LogP contribution in [0.1, 0.15) is 38.5 Å². The number of rotatable bonds is 7. The van der Waals surface area contributed by atoms with Gasteiger partial charge in [-0.15, -0.1) is 0 Å². The van der Waals surface area contributed by atoms with Gasteiger partial charge in [-0.2, -0.15) is 11.8 Å². The van der Waals surface area contributed by atoms with Gasteiger partial charge in [-0.25, -0.2) is 0 Å². The van der Waals surface area contributed by atoms with Crippen molar-refractivity contribution in [1.29, 1.82) is 0 Å². The number of amides is 1. The molecule has 0 aromatic carbocycles. The van der Waals surface area contributed by atoms with Crippen LogP contribution in [0.5, 0.6) is 0 Å². The Labute approximate surface area is 103 Å². The summed E-state index contributed by atoms with van der Waals surface area (Å²) in [5.41, 5.74) is 0. The Hall–Kier alpha value is -0.220. The molecule has 0 aromatic heterocycles. The lowest BCUT2D eigenvalue weighted by Gasteiger charge is -2.23. The standard InChI is InChI=1S/C12H24N2OS/c1-16-10-4-9-14-12(15)7-6-11-5-2-3-8-13-11/h11,13H,2-10H2,1H3,(H,14,15). The van der Waals surface area contributed by atoms with Crippen LogP contribution in [0, 0.1) is 0 Å². The van der Waals surface area contributed by atoms with Gasteiger partial charge in [0, 0.05) is 19.0 Å². The molecular formula is C12H24N2OS. The van der Waals surface area contributed by atoms with Gasteiger partial charge in [-0.3, -0.25) is 4.79 Å². The van der Waals surface area contributed by atoms with E-state index in [-0.39, 0.29) is 5.91 Å². The summed E-state index contributed by atoms with van der Waals surface area (Å²) < 4.78 is 0. The molecule has 1 rings (SSSR count). The summed E-state index contributed by atoms with van der Waals surface area (Å²) in [5.74, 6) is 1.35. The first kappa shape index (κ1) is 13.8. The number of carbonyl (C=O) groups is 1. The third-order valence-corrected chi connectivity index (χ3v) is 3.68. The van der Waals surface area contributed by atoms with E-state index in [9.17, 15) is 4.79 Å². The summed E-state index contributed by atoms with van der Waals surface area (Å²) >= 11 is 1.83. The number of hydrogen-bond acceptors (Lipinski definition) is 3. The molecule has 4 heteroatoms. The molecule has 1 atom stereocenters. The summed E-state index contributed by atoms with van der Waals surface area (Å²) in [6, 6.07) is 0.575. The minimum absolute atomic E-state index is 0.216. The molecule has 1 heterocycles. The van der Waals surface area contributed by atoms with Gasteiger partial charge in [0.15, 0.2) is 0 Å². The molecule has 0 aliphatic carbocycles. The van der Waals surface area contributed by atoms with Gasteiger partial charge in [0.25, 0.3) is 0 Å². The van der Waals surface area contributed by atoms with Gasteiger partial charge >= 0.3 is 0 Å². The van der Waals surface area contributed by atoms with Crippen LogP contribution in [0.3, 0.4) is 0 Å². The molecule has 0 bridgehead atoms. The molecule has 2 N–H and O–H groups in total. The maximum atomic E-state index is 11.5. The third-order valence-electron chi connectivity index (χ3n) is 2.98. The quantitative estimate of drug-likeness (QED) is 0.671. The van der Waals surface area contributed by atoms with Crippen LogP contribution in [0.25, 0.3) is 0 Å². The second kappa shape index (κ2) is 8.88. The van der Waals surface area contributed by atoms with E-state index in [4.69, 9.17) is 0 Å². The van der Waals surface area contributed by atoms with Crippen molar-refractivity contribution in [2.45, 2.75) is 44.6 Å². The highest BCUT2D eigenvalue weighted by molar-refractivity contribution is 7.98. The minimum Gasteiger partial charge on any atom is -0.356 e. The average Bonchev–Trinajstić information content (AvgIpc) is 2.33. The Kier molecular flexibility index (Phi) is 7.68. The highest BCUT2D eigenvalue weighted by atomic mass is 32.2. The van der Waals surface area contributed by atoms with Crippen LogP contribution >= 0.6 is 11.8 Å². The largest absolute Gasteiger partial charge is 0.356 e. The molecule has 1 aliphatic heterocycles. The monoisotopic (exact) mass is 244 g/mol. The van der Waals surface area contributed by atoms with Crippen LogP contribution < -0.4 is 10.6 Å². The van der Waals surface area contributed by atoms with E-state index in [2.05, 4.69) is 16.9 Å². The summed E-state index contributed by atoms with van der Waals surface area (Å²) in [7, 11) is 0. The van der Waals surface area contributed by atoms with Gasteiger partial charge in [-0.05, 0) is 44.2 Å². The zero-order chi connectivity index (χ0) is 11.6. The first-order valence-electron chi connectivity index (χ1n) is 6.32. The van der Waals surface area contributed by atoms with E-state index in [0.29, 0.717) is 12.5 Å². The number of nitrogens with one attached hydrogen (secondary N) is 2. The topological polar surface area (TPSA) is 41.1 Å². The molecule has 1 fully saturated rings. The predicted octanol–water partition coefficient (Wildman–Crippen LogP) is 1.78. The molecule has 16 heavy (non-hydrogen) atoms. The third kappa shape index (κ3) is 6.38. The molecule has 94 valence electrons. The van der Waals surface area contributed by atoms with Gasteiger partial charge in [0.1, 0.15) is 0 Å². The Morgan fingerprint density at radius 3 is 3.06 bits per heavy atom. The Balaban J connectivity index is 1.96. The van der Waals surface area contributed by atoms with Gasteiger partial charge in [0.2, 0.25) is 5.91 Å². The fourth-order valence-corrected chi connectivity index (χ4v) is 2.44. The fourth-order valence-electron chi connectivity index (χ4n) is 2.01. The zero-order valence-electron chi connectivity index (χ0n) is 10.3. The van der Waals surface area contributed by atoms with E-state index in [1.165, 1.54) is 19.3 Å². The van der Waals surface area contributed by atoms with Gasteiger partial charge < -0.3 is 10.6 Å². The van der Waals surface area contributed by atoms with E-state index in [1.807, 2.05) is 11.8 Å². The Bertz CT molecular complexity index is 193. The number of hydrogen-bond donors (Lipinski definition) is 2. The molecule has 0 aromatic rings. The molecule has 0 saturated carbocycles. The van der Waals surface area contributed by atoms with Crippen molar-refractivity contribution in [2.24, 2.45) is 0 Å². The molecule has 1 aliphatic rings. The highest BCUT2D eigenvalue weighted by Gasteiger charge is 2.13. The van der Waals surface area contributed by atoms with Crippen LogP contribution in [-0.2, 0) is 4.79 Å². The molecule has 0 spiro atoms. The number of thioether (sulfide) groups is 1. The predicted molar refractivity (Wildman–Crippen MR) is 70.9 cm³/mol. The molecule has 3 nitrogen and oxygen atoms in total. The smallest absolute Gasteiger partial charge is 0.220 e. The van der Waals surface area contributed by atoms with Crippen molar-refractivity contribution < 1.29 is 4.79 Å². The van der Waals surface area contributed by atoms with Crippen molar-refractivity contribution in [2.75, 3.05) is 25.1 Å². The summed E-state index contributed by atoms with van der Waals surface area (Å²) in [6.45, 7) is 1.96. The van der Waals surface area contributed by atoms with E-state index in [1.54, 1.807) is 0 Å². The van der Waals surface area contributed by atoms with Crippen LogP contribution in [0.2, 0.25) is 0 Å². The number of carbonyl (C=O) groups excluding carboxylic acids is 1. The summed E-state index contributed by atoms with van der Waals surface area (Å²) in [6.07, 6.45) is 8.68. The Morgan fingerprint density at radius 1 is 1.50 bits per heavy atom. The minimum atomic E-state index is 0.216. The average molecular weight is 244 g/mol. The molecule has 1 amide bonds. The van der Waals surface area contributed by atoms with Crippen LogP contribution in [0.15, 0.2) is 0 Å². The van der Waals surface area contributed by atoms with Crippen LogP contribution in [-0.4, -0.2) is 37.0 Å². The van der Waals surface area contributed by atoms with Gasteiger partial charge in [-0.1, -0.05) is 6.42 Å². The van der Waals surface area contributed by atoms with Crippen molar-refractivity contribution >= 4 is 17.7 Å². The SMILES string of the molecule is CSCCCNC(=O)CCC1CCCCN1. The molecule has 1 unspecified atom stereocenters. The van der Waals surface area contributed by atoms with Crippen molar-refractivity contribution in [3.8, 4) is 0 Å². The molecule has 0 radical (unpaired) electrons. The Morgan fingerprint density at radius 2 is 2.38 bits per heavy atom. The normalized spacial score (nSPS) is 20.7. The molecule has 1 saturated heterocycles. The lowest BCUT2D eigenvalue weighted by atomic mass is 10.0. The van der Waals surface area contributed by atoms with E-state index >= 15 is 0 Å². The lowest BCUT2D eigenvalue weighted by Crippen LogP contribution is -2.35. The maximum absolute atomic E-state index is 11.5. The van der Waals surface area contributed by atoms with Crippen molar-refractivity contribution in [3.05, 3.63) is 0 Å². The molecular weight excluding hydrogens is 220 g/mol. The van der Waals surface area contributed by atoms with Gasteiger partial charge in [0.05, 0.1) is 0 Å². The van der Waals surface area contributed by atoms with Crippen molar-refractivity contribution in [3.63, 3.8) is 0 Å². The summed E-state index contributed by atoms with van der Waals surface area (Å²) in [4.78, 5) is 11.5. The first-order valence-corrected chi connectivity index (χ1v) is 7.71. The number of piperidine rings is 1. The fraction of sp³-hybridized carbons (Fsp3) is 0.917. The van der Waals surface area contributed by atoms with E-state index < -0.39 is 0 Å². The first-order chi connectivity index (χ1) is 7.83. The zero-order valence-corrected chi connectivity index (χ0v) is 11.1. The lowest BCUT2D eigenvalue weighted by molar-refractivity contribution is -0.121. The van der Waals surface area contributed by atoms with E-state index in [0.717, 1.165) is 31.7 Å². The van der Waals surface area contributed by atoms with Crippen LogP contribution in [0.4, 0.5) is 0 Å².